The smallest absolute Gasteiger partial charge is 0.237 e. The van der Waals surface area contributed by atoms with Gasteiger partial charge < -0.3 is 0 Å². The molecule has 0 radical (unpaired) electrons. The number of benzene rings is 9. The summed E-state index contributed by atoms with van der Waals surface area (Å²) in [5.74, 6) is 0.565. The van der Waals surface area contributed by atoms with Crippen LogP contribution in [0.3, 0.4) is 0 Å². The van der Waals surface area contributed by atoms with Crippen molar-refractivity contribution in [3.8, 4) is 44.5 Å². The molecule has 0 N–H and O–H groups in total. The molecule has 0 fully saturated rings. The van der Waals surface area contributed by atoms with Crippen molar-refractivity contribution in [1.82, 2.24) is 15.0 Å². The number of aromatic nitrogens is 3. The quantitative estimate of drug-likeness (QED) is 0.159. The Bertz CT molecular complexity index is 3180. The summed E-state index contributed by atoms with van der Waals surface area (Å²) < 4.78 is 0. The summed E-state index contributed by atoms with van der Waals surface area (Å²) in [4.78, 5) is 15.9. The highest BCUT2D eigenvalue weighted by molar-refractivity contribution is 6.33. The molecule has 0 amide bonds. The van der Waals surface area contributed by atoms with Crippen LogP contribution in [0.5, 0.6) is 0 Å². The minimum absolute atomic E-state index is 0.161. The zero-order chi connectivity index (χ0) is 38.8. The number of rotatable bonds is 6. The zero-order valence-corrected chi connectivity index (χ0v) is 32.3. The monoisotopic (exact) mass is 742 g/mol. The van der Waals surface area contributed by atoms with E-state index in [0.717, 1.165) is 16.8 Å². The lowest BCUT2D eigenvalue weighted by atomic mass is 9.81. The van der Waals surface area contributed by atoms with E-state index in [1.807, 2.05) is 0 Å². The predicted octanol–water partition coefficient (Wildman–Crippen LogP) is 14.1. The molecular formula is C54H38N4. The molecule has 1 aliphatic rings. The molecule has 58 heavy (non-hydrogen) atoms. The molecule has 4 nitrogen and oxygen atoms in total. The van der Waals surface area contributed by atoms with Gasteiger partial charge in [0.25, 0.3) is 0 Å². The summed E-state index contributed by atoms with van der Waals surface area (Å²) in [6, 6.07) is 66.3. The van der Waals surface area contributed by atoms with Gasteiger partial charge in [-0.05, 0) is 118 Å². The van der Waals surface area contributed by atoms with Crippen molar-refractivity contribution in [2.24, 2.45) is 0 Å². The van der Waals surface area contributed by atoms with E-state index < -0.39 is 0 Å². The molecule has 11 rings (SSSR count). The van der Waals surface area contributed by atoms with Gasteiger partial charge in [-0.15, -0.1) is 0 Å². The maximum atomic E-state index is 4.74. The second-order valence-electron chi connectivity index (χ2n) is 15.6. The summed E-state index contributed by atoms with van der Waals surface area (Å²) in [6.07, 6.45) is 3.16. The number of anilines is 3. The first kappa shape index (κ1) is 33.9. The van der Waals surface area contributed by atoms with E-state index in [0.29, 0.717) is 5.95 Å². The summed E-state index contributed by atoms with van der Waals surface area (Å²) in [5, 5.41) is 7.23. The van der Waals surface area contributed by atoms with Crippen LogP contribution < -0.4 is 4.90 Å². The Hall–Kier alpha value is -7.43. The average Bonchev–Trinajstić information content (AvgIpc) is 3.52. The topological polar surface area (TPSA) is 41.9 Å². The van der Waals surface area contributed by atoms with Crippen LogP contribution in [0.25, 0.3) is 76.8 Å². The van der Waals surface area contributed by atoms with Gasteiger partial charge in [-0.25, -0.2) is 15.0 Å². The van der Waals surface area contributed by atoms with Crippen molar-refractivity contribution in [2.75, 3.05) is 4.90 Å². The molecule has 0 bridgehead atoms. The SMILES string of the molecule is CC1(C)c2ccccc2-c2ccc(N(c3ccc4c(c3)c3ccccc3c3c(-c5ccccc5)cc(-c5ccccc5)c(-c5ccccc5)c43)c3ncncn3)cc21. The standard InChI is InChI=1S/C54H38N4/c1-54(2)48-25-15-14-23-41(48)42-28-26-39(31-49(42)54)58(53-56-33-55-34-57-53)38-27-29-44-47(30-38)40-22-12-13-24-43(40)51-46(36-18-8-4-9-19-36)32-45(35-16-6-3-7-17-35)50(52(44)51)37-20-10-5-11-21-37/h3-34H,1-2H3. The van der Waals surface area contributed by atoms with E-state index in [1.54, 1.807) is 12.7 Å². The molecule has 0 aliphatic heterocycles. The van der Waals surface area contributed by atoms with Crippen LogP contribution in [0.15, 0.2) is 195 Å². The fraction of sp³-hybridized carbons (Fsp3) is 0.0556. The van der Waals surface area contributed by atoms with E-state index in [4.69, 9.17) is 9.97 Å². The third-order valence-electron chi connectivity index (χ3n) is 12.1. The van der Waals surface area contributed by atoms with Gasteiger partial charge in [0.05, 0.1) is 0 Å². The van der Waals surface area contributed by atoms with Crippen LogP contribution in [0.1, 0.15) is 25.0 Å². The molecule has 0 unspecified atom stereocenters. The van der Waals surface area contributed by atoms with Gasteiger partial charge in [0.1, 0.15) is 12.7 Å². The maximum absolute atomic E-state index is 4.74. The normalized spacial score (nSPS) is 12.8. The van der Waals surface area contributed by atoms with E-state index in [9.17, 15) is 0 Å². The summed E-state index contributed by atoms with van der Waals surface area (Å²) >= 11 is 0. The van der Waals surface area contributed by atoms with Crippen molar-refractivity contribution in [3.05, 3.63) is 206 Å². The first-order valence-electron chi connectivity index (χ1n) is 19.8. The van der Waals surface area contributed by atoms with Gasteiger partial charge in [0.15, 0.2) is 0 Å². The number of nitrogens with zero attached hydrogens (tertiary/aromatic N) is 4. The van der Waals surface area contributed by atoms with Crippen molar-refractivity contribution in [1.29, 1.82) is 0 Å². The second-order valence-corrected chi connectivity index (χ2v) is 15.6. The number of hydrogen-bond donors (Lipinski definition) is 0. The van der Waals surface area contributed by atoms with Crippen LogP contribution in [0.2, 0.25) is 0 Å². The van der Waals surface area contributed by atoms with Gasteiger partial charge in [-0.3, -0.25) is 4.90 Å². The van der Waals surface area contributed by atoms with Crippen LogP contribution in [0.4, 0.5) is 17.3 Å². The fourth-order valence-electron chi connectivity index (χ4n) is 9.44. The molecule has 1 aliphatic carbocycles. The molecule has 0 saturated carbocycles. The van der Waals surface area contributed by atoms with Crippen LogP contribution in [0, 0.1) is 0 Å². The Balaban J connectivity index is 1.24. The Morgan fingerprint density at radius 3 is 1.67 bits per heavy atom. The first-order valence-corrected chi connectivity index (χ1v) is 19.8. The Morgan fingerprint density at radius 1 is 0.397 bits per heavy atom. The lowest BCUT2D eigenvalue weighted by Gasteiger charge is -2.27. The van der Waals surface area contributed by atoms with E-state index >= 15 is 0 Å². The number of fused-ring (bicyclic) bond motifs is 9. The Kier molecular flexibility index (Phi) is 7.80. The zero-order valence-electron chi connectivity index (χ0n) is 32.3. The van der Waals surface area contributed by atoms with Crippen LogP contribution in [-0.4, -0.2) is 15.0 Å². The largest absolute Gasteiger partial charge is 0.279 e. The lowest BCUT2D eigenvalue weighted by Crippen LogP contribution is -2.17. The van der Waals surface area contributed by atoms with E-state index in [-0.39, 0.29) is 5.41 Å². The summed E-state index contributed by atoms with van der Waals surface area (Å²) in [7, 11) is 0. The Labute approximate surface area is 337 Å². The molecule has 0 atom stereocenters. The molecule has 4 heteroatoms. The van der Waals surface area contributed by atoms with E-state index in [2.05, 4.69) is 206 Å². The highest BCUT2D eigenvalue weighted by Crippen LogP contribution is 2.52. The lowest BCUT2D eigenvalue weighted by molar-refractivity contribution is 0.660. The molecule has 9 aromatic carbocycles. The highest BCUT2D eigenvalue weighted by Gasteiger charge is 2.36. The first-order chi connectivity index (χ1) is 28.6. The molecule has 1 heterocycles. The van der Waals surface area contributed by atoms with Crippen molar-refractivity contribution < 1.29 is 0 Å². The molecular weight excluding hydrogens is 705 g/mol. The molecule has 1 aromatic heterocycles. The molecule has 0 saturated heterocycles. The van der Waals surface area contributed by atoms with Crippen LogP contribution in [-0.2, 0) is 5.41 Å². The second kappa shape index (κ2) is 13.4. The maximum Gasteiger partial charge on any atom is 0.237 e. The van der Waals surface area contributed by atoms with Gasteiger partial charge in [0, 0.05) is 16.8 Å². The summed E-state index contributed by atoms with van der Waals surface area (Å²) in [5.41, 5.74) is 14.2. The van der Waals surface area contributed by atoms with Crippen molar-refractivity contribution in [2.45, 2.75) is 19.3 Å². The van der Waals surface area contributed by atoms with Gasteiger partial charge >= 0.3 is 0 Å². The van der Waals surface area contributed by atoms with Crippen molar-refractivity contribution >= 4 is 49.6 Å². The van der Waals surface area contributed by atoms with Gasteiger partial charge in [-0.1, -0.05) is 166 Å². The molecule has 274 valence electrons. The Morgan fingerprint density at radius 2 is 0.948 bits per heavy atom. The van der Waals surface area contributed by atoms with Crippen LogP contribution >= 0.6 is 0 Å². The fourth-order valence-corrected chi connectivity index (χ4v) is 9.44. The third kappa shape index (κ3) is 5.26. The molecule has 10 aromatic rings. The van der Waals surface area contributed by atoms with Gasteiger partial charge in [-0.2, -0.15) is 0 Å². The average molecular weight is 743 g/mol. The van der Waals surface area contributed by atoms with E-state index in [1.165, 1.54) is 82.6 Å². The van der Waals surface area contributed by atoms with Crippen molar-refractivity contribution in [3.63, 3.8) is 0 Å². The third-order valence-corrected chi connectivity index (χ3v) is 12.1. The molecule has 0 spiro atoms. The number of hydrogen-bond acceptors (Lipinski definition) is 4. The minimum Gasteiger partial charge on any atom is -0.279 e. The predicted molar refractivity (Wildman–Crippen MR) is 241 cm³/mol. The van der Waals surface area contributed by atoms with Gasteiger partial charge in [0.2, 0.25) is 5.95 Å². The highest BCUT2D eigenvalue weighted by atomic mass is 15.3. The summed E-state index contributed by atoms with van der Waals surface area (Å²) in [6.45, 7) is 4.64. The minimum atomic E-state index is -0.161.